The third-order valence-electron chi connectivity index (χ3n) is 5.42. The number of fused-ring (bicyclic) bond motifs is 3. The summed E-state index contributed by atoms with van der Waals surface area (Å²) in [6, 6.07) is 9.78. The molecule has 2 aromatic carbocycles. The van der Waals surface area contributed by atoms with E-state index in [0.717, 1.165) is 91.6 Å². The smallest absolute Gasteiger partial charge is 0.231 e. The van der Waals surface area contributed by atoms with Crippen molar-refractivity contribution in [3.63, 3.8) is 0 Å². The van der Waals surface area contributed by atoms with Gasteiger partial charge in [-0.05, 0) is 24.3 Å². The van der Waals surface area contributed by atoms with E-state index < -0.39 is 0 Å². The van der Waals surface area contributed by atoms with Gasteiger partial charge in [0.05, 0.1) is 13.2 Å². The summed E-state index contributed by atoms with van der Waals surface area (Å²) in [6.07, 6.45) is 0. The molecule has 0 amide bonds. The molecule has 0 aromatic heterocycles. The van der Waals surface area contributed by atoms with Crippen LogP contribution in [-0.2, 0) is 17.8 Å². The second kappa shape index (κ2) is 7.79. The molecule has 0 aliphatic carbocycles. The van der Waals surface area contributed by atoms with Crippen LogP contribution < -0.4 is 14.2 Å². The summed E-state index contributed by atoms with van der Waals surface area (Å²) in [5.41, 5.74) is 2.20. The fraction of sp³-hybridized carbons (Fsp3) is 0.429. The zero-order chi connectivity index (χ0) is 18.9. The summed E-state index contributed by atoms with van der Waals surface area (Å²) in [7, 11) is 0. The largest absolute Gasteiger partial charge is 0.457 e. The molecule has 3 aliphatic heterocycles. The van der Waals surface area contributed by atoms with Crippen LogP contribution in [0.1, 0.15) is 11.1 Å². The highest BCUT2D eigenvalue weighted by atomic mass is 35.5. The third-order valence-corrected chi connectivity index (χ3v) is 5.66. The predicted octanol–water partition coefficient (Wildman–Crippen LogP) is 3.51. The highest BCUT2D eigenvalue weighted by molar-refractivity contribution is 6.30. The topological polar surface area (TPSA) is 43.4 Å². The first-order valence-corrected chi connectivity index (χ1v) is 10.0. The van der Waals surface area contributed by atoms with Crippen LogP contribution in [0, 0.1) is 0 Å². The van der Waals surface area contributed by atoms with Gasteiger partial charge in [-0.2, -0.15) is 0 Å². The van der Waals surface area contributed by atoms with Gasteiger partial charge in [-0.3, -0.25) is 9.80 Å². The Morgan fingerprint density at radius 2 is 1.50 bits per heavy atom. The molecule has 2 aromatic rings. The van der Waals surface area contributed by atoms with Crippen molar-refractivity contribution < 1.29 is 18.9 Å². The molecule has 1 fully saturated rings. The van der Waals surface area contributed by atoms with Crippen LogP contribution in [-0.4, -0.2) is 56.0 Å². The van der Waals surface area contributed by atoms with E-state index >= 15 is 0 Å². The minimum Gasteiger partial charge on any atom is -0.457 e. The van der Waals surface area contributed by atoms with Gasteiger partial charge in [0, 0.05) is 61.5 Å². The van der Waals surface area contributed by atoms with Gasteiger partial charge in [-0.25, -0.2) is 0 Å². The van der Waals surface area contributed by atoms with Gasteiger partial charge in [0.15, 0.2) is 11.5 Å². The summed E-state index contributed by atoms with van der Waals surface area (Å²) in [6.45, 7) is 7.42. The van der Waals surface area contributed by atoms with Gasteiger partial charge in [0.25, 0.3) is 0 Å². The molecule has 0 spiro atoms. The van der Waals surface area contributed by atoms with Crippen LogP contribution in [0.15, 0.2) is 30.3 Å². The number of halogens is 1. The Bertz CT molecular complexity index is 870. The van der Waals surface area contributed by atoms with E-state index in [1.165, 1.54) is 0 Å². The molecule has 0 N–H and O–H groups in total. The van der Waals surface area contributed by atoms with Crippen molar-refractivity contribution in [1.29, 1.82) is 0 Å². The number of hydrogen-bond acceptors (Lipinski definition) is 6. The molecule has 3 heterocycles. The molecule has 5 rings (SSSR count). The predicted molar refractivity (Wildman–Crippen MR) is 105 cm³/mol. The maximum atomic E-state index is 6.26. The first-order valence-electron chi connectivity index (χ1n) is 9.66. The molecule has 0 atom stereocenters. The van der Waals surface area contributed by atoms with E-state index in [-0.39, 0.29) is 6.79 Å². The van der Waals surface area contributed by atoms with Gasteiger partial charge in [-0.1, -0.05) is 11.6 Å². The highest BCUT2D eigenvalue weighted by Gasteiger charge is 2.24. The molecule has 0 radical (unpaired) electrons. The number of morpholine rings is 1. The average molecular weight is 403 g/mol. The molecular weight excluding hydrogens is 380 g/mol. The van der Waals surface area contributed by atoms with Crippen molar-refractivity contribution in [3.05, 3.63) is 46.5 Å². The van der Waals surface area contributed by atoms with Crippen molar-refractivity contribution in [2.45, 2.75) is 13.1 Å². The number of hydrogen-bond donors (Lipinski definition) is 0. The van der Waals surface area contributed by atoms with E-state index in [9.17, 15) is 0 Å². The Hall–Kier alpha value is -1.99. The third kappa shape index (κ3) is 3.78. The lowest BCUT2D eigenvalue weighted by Gasteiger charge is -2.32. The Balaban J connectivity index is 1.44. The zero-order valence-corrected chi connectivity index (χ0v) is 16.4. The fourth-order valence-corrected chi connectivity index (χ4v) is 4.07. The van der Waals surface area contributed by atoms with Crippen LogP contribution in [0.25, 0.3) is 0 Å². The minimum atomic E-state index is 0.255. The highest BCUT2D eigenvalue weighted by Crippen LogP contribution is 2.42. The second-order valence-corrected chi connectivity index (χ2v) is 7.77. The Morgan fingerprint density at radius 3 is 2.32 bits per heavy atom. The van der Waals surface area contributed by atoms with Gasteiger partial charge >= 0.3 is 0 Å². The molecule has 7 heteroatoms. The lowest BCUT2D eigenvalue weighted by Crippen LogP contribution is -2.41. The van der Waals surface area contributed by atoms with Crippen LogP contribution >= 0.6 is 11.6 Å². The zero-order valence-electron chi connectivity index (χ0n) is 15.7. The molecule has 3 aliphatic rings. The van der Waals surface area contributed by atoms with Crippen molar-refractivity contribution in [1.82, 2.24) is 9.80 Å². The van der Waals surface area contributed by atoms with Crippen LogP contribution in [0.5, 0.6) is 23.0 Å². The lowest BCUT2D eigenvalue weighted by atomic mass is 10.1. The minimum absolute atomic E-state index is 0.255. The molecule has 0 unspecified atom stereocenters. The number of rotatable bonds is 3. The Labute approximate surface area is 169 Å². The summed E-state index contributed by atoms with van der Waals surface area (Å²) in [5.74, 6) is 3.16. The number of nitrogens with zero attached hydrogens (tertiary/aromatic N) is 2. The molecule has 1 saturated heterocycles. The SMILES string of the molecule is Clc1ccc2c(c1)CN(CCN1CCOCC1)Cc1cc3c(cc1O2)OCO3. The van der Waals surface area contributed by atoms with E-state index in [0.29, 0.717) is 0 Å². The normalized spacial score (nSPS) is 19.3. The van der Waals surface area contributed by atoms with E-state index in [2.05, 4.69) is 9.80 Å². The van der Waals surface area contributed by atoms with Crippen LogP contribution in [0.4, 0.5) is 0 Å². The van der Waals surface area contributed by atoms with E-state index in [1.807, 2.05) is 30.3 Å². The first-order chi connectivity index (χ1) is 13.7. The quantitative estimate of drug-likeness (QED) is 0.782. The second-order valence-electron chi connectivity index (χ2n) is 7.33. The Kier molecular flexibility index (Phi) is 5.03. The molecule has 0 bridgehead atoms. The van der Waals surface area contributed by atoms with Gasteiger partial charge in [-0.15, -0.1) is 0 Å². The summed E-state index contributed by atoms with van der Waals surface area (Å²) >= 11 is 6.26. The van der Waals surface area contributed by atoms with Gasteiger partial charge in [0.2, 0.25) is 6.79 Å². The molecule has 0 saturated carbocycles. The average Bonchev–Trinajstić information content (AvgIpc) is 3.15. The van der Waals surface area contributed by atoms with Gasteiger partial charge < -0.3 is 18.9 Å². The molecule has 148 valence electrons. The maximum Gasteiger partial charge on any atom is 0.231 e. The standard InChI is InChI=1S/C21H23ClN2O4/c22-17-1-2-18-15(9-17)12-24(4-3-23-5-7-25-8-6-23)13-16-10-20-21(27-14-26-20)11-19(16)28-18/h1-2,9-11H,3-8,12-14H2. The van der Waals surface area contributed by atoms with Crippen molar-refractivity contribution in [3.8, 4) is 23.0 Å². The lowest BCUT2D eigenvalue weighted by molar-refractivity contribution is 0.0323. The van der Waals surface area contributed by atoms with Crippen molar-refractivity contribution in [2.24, 2.45) is 0 Å². The summed E-state index contributed by atoms with van der Waals surface area (Å²) in [5, 5.41) is 0.724. The molecule has 6 nitrogen and oxygen atoms in total. The first kappa shape index (κ1) is 18.1. The maximum absolute atomic E-state index is 6.26. The summed E-state index contributed by atoms with van der Waals surface area (Å²) < 4.78 is 22.8. The Morgan fingerprint density at radius 1 is 0.786 bits per heavy atom. The van der Waals surface area contributed by atoms with Crippen LogP contribution in [0.3, 0.4) is 0 Å². The van der Waals surface area contributed by atoms with Crippen molar-refractivity contribution >= 4 is 11.6 Å². The van der Waals surface area contributed by atoms with Crippen molar-refractivity contribution in [2.75, 3.05) is 46.2 Å². The molecule has 28 heavy (non-hydrogen) atoms. The number of benzene rings is 2. The van der Waals surface area contributed by atoms with Gasteiger partial charge in [0.1, 0.15) is 11.5 Å². The van der Waals surface area contributed by atoms with E-state index in [4.69, 9.17) is 30.5 Å². The monoisotopic (exact) mass is 402 g/mol. The fourth-order valence-electron chi connectivity index (χ4n) is 3.88. The summed E-state index contributed by atoms with van der Waals surface area (Å²) in [4.78, 5) is 4.90. The number of ether oxygens (including phenoxy) is 4. The molecular formula is C21H23ClN2O4. The van der Waals surface area contributed by atoms with E-state index in [1.54, 1.807) is 0 Å². The van der Waals surface area contributed by atoms with Crippen LogP contribution in [0.2, 0.25) is 5.02 Å².